The minimum Gasteiger partial charge on any atom is -0.313 e. The Morgan fingerprint density at radius 1 is 1.29 bits per heavy atom. The number of carbonyl (C=O) groups is 1. The van der Waals surface area contributed by atoms with Crippen LogP contribution in [0.4, 0.5) is 5.82 Å². The lowest BCUT2D eigenvalue weighted by molar-refractivity contribution is -0.105. The van der Waals surface area contributed by atoms with Gasteiger partial charge in [-0.25, -0.2) is 9.97 Å². The fraction of sp³-hybridized carbons (Fsp3) is 0.571. The summed E-state index contributed by atoms with van der Waals surface area (Å²) in [5.74, 6) is 2.27. The third kappa shape index (κ3) is 9.11. The molecule has 7 heteroatoms. The highest BCUT2D eigenvalue weighted by atomic mass is 35.5. The number of hydrogen-bond acceptors (Lipinski definition) is 4. The lowest BCUT2D eigenvalue weighted by Gasteiger charge is -2.25. The lowest BCUT2D eigenvalue weighted by Crippen LogP contribution is -2.20. The Kier molecular flexibility index (Phi) is 15.5. The Bertz CT molecular complexity index is 641. The molecule has 2 rings (SSSR count). The van der Waals surface area contributed by atoms with Gasteiger partial charge in [0, 0.05) is 22.3 Å². The highest BCUT2D eigenvalue weighted by molar-refractivity contribution is 7.85. The van der Waals surface area contributed by atoms with E-state index in [-0.39, 0.29) is 0 Å². The van der Waals surface area contributed by atoms with E-state index < -0.39 is 10.8 Å². The monoisotopic (exact) mass is 427 g/mol. The molecular formula is C21H34ClN3O2S. The van der Waals surface area contributed by atoms with Crippen molar-refractivity contribution in [2.24, 2.45) is 5.92 Å². The number of carbonyl (C=O) groups excluding carboxylic acids is 1. The van der Waals surface area contributed by atoms with E-state index in [4.69, 9.17) is 11.6 Å². The Hall–Kier alpha value is -1.53. The molecule has 28 heavy (non-hydrogen) atoms. The number of halogens is 1. The molecule has 0 atom stereocenters. The van der Waals surface area contributed by atoms with E-state index in [1.54, 1.807) is 0 Å². The number of hydrogen-bond donors (Lipinski definition) is 1. The molecule has 0 spiro atoms. The second-order valence-corrected chi connectivity index (χ2v) is 7.77. The average molecular weight is 428 g/mol. The maximum atomic E-state index is 11.6. The molecule has 2 heterocycles. The summed E-state index contributed by atoms with van der Waals surface area (Å²) in [5.41, 5.74) is 1.88. The smallest absolute Gasteiger partial charge is 0.212 e. The zero-order chi connectivity index (χ0) is 21.4. The number of rotatable bonds is 8. The van der Waals surface area contributed by atoms with Gasteiger partial charge in [-0.1, -0.05) is 50.9 Å². The highest BCUT2D eigenvalue weighted by Crippen LogP contribution is 2.32. The van der Waals surface area contributed by atoms with E-state index in [0.29, 0.717) is 28.9 Å². The van der Waals surface area contributed by atoms with E-state index in [0.717, 1.165) is 43.6 Å². The van der Waals surface area contributed by atoms with Gasteiger partial charge in [-0.3, -0.25) is 9.00 Å². The van der Waals surface area contributed by atoms with E-state index in [9.17, 15) is 9.00 Å². The first-order valence-corrected chi connectivity index (χ1v) is 11.9. The summed E-state index contributed by atoms with van der Waals surface area (Å²) in [6.07, 6.45) is 10.5. The van der Waals surface area contributed by atoms with Gasteiger partial charge in [-0.05, 0) is 44.1 Å². The highest BCUT2D eigenvalue weighted by Gasteiger charge is 2.22. The Labute approximate surface area is 177 Å². The molecule has 1 aliphatic rings. The maximum Gasteiger partial charge on any atom is 0.212 e. The van der Waals surface area contributed by atoms with Crippen LogP contribution in [0.5, 0.6) is 0 Å². The van der Waals surface area contributed by atoms with Crippen molar-refractivity contribution in [3.05, 3.63) is 35.3 Å². The van der Waals surface area contributed by atoms with E-state index in [1.165, 1.54) is 11.9 Å². The van der Waals surface area contributed by atoms with E-state index in [1.807, 2.05) is 39.8 Å². The molecule has 1 N–H and O–H groups in total. The molecule has 5 nitrogen and oxygen atoms in total. The van der Waals surface area contributed by atoms with Gasteiger partial charge >= 0.3 is 0 Å². The van der Waals surface area contributed by atoms with E-state index in [2.05, 4.69) is 21.9 Å². The summed E-state index contributed by atoms with van der Waals surface area (Å²) in [6.45, 7) is 11.8. The Morgan fingerprint density at radius 2 is 1.93 bits per heavy atom. The summed E-state index contributed by atoms with van der Waals surface area (Å²) in [7, 11) is -0.696. The number of unbranched alkanes of at least 4 members (excludes halogenated alkanes) is 1. The summed E-state index contributed by atoms with van der Waals surface area (Å²) in [5, 5.41) is 2.89. The van der Waals surface area contributed by atoms with Gasteiger partial charge in [0.25, 0.3) is 0 Å². The van der Waals surface area contributed by atoms with Crippen LogP contribution >= 0.6 is 11.6 Å². The molecule has 0 bridgehead atoms. The fourth-order valence-electron chi connectivity index (χ4n) is 2.87. The minimum absolute atomic E-state index is 0.315. The minimum atomic E-state index is -0.696. The van der Waals surface area contributed by atoms with Gasteiger partial charge in [-0.2, -0.15) is 0 Å². The number of nitrogens with one attached hydrogen (secondary N) is 1. The maximum absolute atomic E-state index is 11.6. The summed E-state index contributed by atoms with van der Waals surface area (Å²) < 4.78 is 11.6. The van der Waals surface area contributed by atoms with Crippen LogP contribution in [0.2, 0.25) is 5.15 Å². The SMILES string of the molecule is C=CCCC/C(=C\c1c(Cl)ncnc1NC=O)C1CCS(=O)CC1.CC.CC. The van der Waals surface area contributed by atoms with Crippen molar-refractivity contribution in [2.45, 2.75) is 59.8 Å². The van der Waals surface area contributed by atoms with Crippen molar-refractivity contribution in [3.63, 3.8) is 0 Å². The van der Waals surface area contributed by atoms with Crippen LogP contribution in [0.15, 0.2) is 24.6 Å². The standard InChI is InChI=1S/C17H22ClN3O2S.2C2H6/c1-2-3-4-5-14(13-6-8-24(23)9-7-13)10-15-16(18)19-11-20-17(15)21-12-22;2*1-2/h2,10-13H,1,3-9H2,(H,19,20,21,22);2*1-2H3/b14-10+;;. The van der Waals surface area contributed by atoms with Gasteiger partial charge < -0.3 is 5.32 Å². The quantitative estimate of drug-likeness (QED) is 0.252. The Morgan fingerprint density at radius 3 is 2.50 bits per heavy atom. The molecule has 1 amide bonds. The molecule has 0 aromatic carbocycles. The third-order valence-corrected chi connectivity index (χ3v) is 5.83. The van der Waals surface area contributed by atoms with Crippen LogP contribution in [-0.4, -0.2) is 32.1 Å². The van der Waals surface area contributed by atoms with Crippen molar-refractivity contribution in [1.82, 2.24) is 9.97 Å². The molecule has 1 fully saturated rings. The van der Waals surface area contributed by atoms with Gasteiger partial charge in [0.1, 0.15) is 17.3 Å². The molecule has 1 aromatic rings. The summed E-state index contributed by atoms with van der Waals surface area (Å²) in [4.78, 5) is 18.9. The van der Waals surface area contributed by atoms with Crippen LogP contribution in [0.1, 0.15) is 65.4 Å². The first-order valence-electron chi connectivity index (χ1n) is 10.0. The van der Waals surface area contributed by atoms with Gasteiger partial charge in [0.2, 0.25) is 6.41 Å². The number of nitrogens with zero attached hydrogens (tertiary/aromatic N) is 2. The van der Waals surface area contributed by atoms with Crippen molar-refractivity contribution < 1.29 is 9.00 Å². The first kappa shape index (κ1) is 26.5. The molecule has 0 aliphatic carbocycles. The lowest BCUT2D eigenvalue weighted by atomic mass is 9.88. The van der Waals surface area contributed by atoms with Gasteiger partial charge in [-0.15, -0.1) is 6.58 Å². The van der Waals surface area contributed by atoms with Crippen molar-refractivity contribution >= 4 is 40.7 Å². The number of aromatic nitrogens is 2. The summed E-state index contributed by atoms with van der Waals surface area (Å²) >= 11 is 6.22. The van der Waals surface area contributed by atoms with Crippen LogP contribution in [0.25, 0.3) is 6.08 Å². The van der Waals surface area contributed by atoms with Crippen molar-refractivity contribution in [3.8, 4) is 0 Å². The van der Waals surface area contributed by atoms with Crippen LogP contribution in [0.3, 0.4) is 0 Å². The van der Waals surface area contributed by atoms with E-state index >= 15 is 0 Å². The zero-order valence-electron chi connectivity index (χ0n) is 17.5. The second kappa shape index (κ2) is 16.4. The normalized spacial score (nSPS) is 18.7. The van der Waals surface area contributed by atoms with Crippen molar-refractivity contribution in [2.75, 3.05) is 16.8 Å². The van der Waals surface area contributed by atoms with Gasteiger partial charge in [0.05, 0.1) is 5.56 Å². The van der Waals surface area contributed by atoms with Gasteiger partial charge in [0.15, 0.2) is 0 Å². The molecule has 0 radical (unpaired) electrons. The molecule has 158 valence electrons. The molecular weight excluding hydrogens is 394 g/mol. The molecule has 0 saturated carbocycles. The predicted octanol–water partition coefficient (Wildman–Crippen LogP) is 5.65. The van der Waals surface area contributed by atoms with Crippen LogP contribution < -0.4 is 5.32 Å². The molecule has 0 unspecified atom stereocenters. The molecule has 1 aromatic heterocycles. The largest absolute Gasteiger partial charge is 0.313 e. The number of anilines is 1. The zero-order valence-corrected chi connectivity index (χ0v) is 19.1. The second-order valence-electron chi connectivity index (χ2n) is 5.71. The summed E-state index contributed by atoms with van der Waals surface area (Å²) in [6, 6.07) is 0. The Balaban J connectivity index is 0.00000171. The molecule has 1 aliphatic heterocycles. The average Bonchev–Trinajstić information content (AvgIpc) is 2.73. The van der Waals surface area contributed by atoms with Crippen LogP contribution in [0, 0.1) is 5.92 Å². The number of amides is 1. The van der Waals surface area contributed by atoms with Crippen LogP contribution in [-0.2, 0) is 15.6 Å². The topological polar surface area (TPSA) is 72.0 Å². The third-order valence-electron chi connectivity index (χ3n) is 4.15. The predicted molar refractivity (Wildman–Crippen MR) is 122 cm³/mol. The fourth-order valence-corrected chi connectivity index (χ4v) is 4.35. The molecule has 1 saturated heterocycles. The van der Waals surface area contributed by atoms with Crippen molar-refractivity contribution in [1.29, 1.82) is 0 Å². The first-order chi connectivity index (χ1) is 13.7. The number of allylic oxidation sites excluding steroid dienone is 2.